The van der Waals surface area contributed by atoms with Gasteiger partial charge in [-0.25, -0.2) is 4.90 Å². The molecule has 0 saturated carbocycles. The SMILES string of the molecule is CCOc1ccc(C2=C(Cl)C(=O)N(c3cc(C)ccc3OC)C2=O)cc1. The highest BCUT2D eigenvalue weighted by Crippen LogP contribution is 2.39. The summed E-state index contributed by atoms with van der Waals surface area (Å²) >= 11 is 6.23. The Morgan fingerprint density at radius 1 is 1.04 bits per heavy atom. The standard InChI is InChI=1S/C20H18ClNO4/c1-4-26-14-8-6-13(7-9-14)17-18(21)20(24)22(19(17)23)15-11-12(2)5-10-16(15)25-3/h5-11H,4H2,1-3H3. The second kappa shape index (κ2) is 7.22. The topological polar surface area (TPSA) is 55.8 Å². The van der Waals surface area contributed by atoms with E-state index in [1.54, 1.807) is 36.4 Å². The van der Waals surface area contributed by atoms with Crippen molar-refractivity contribution in [3.63, 3.8) is 0 Å². The van der Waals surface area contributed by atoms with Gasteiger partial charge in [0, 0.05) is 0 Å². The number of imide groups is 1. The molecule has 0 radical (unpaired) electrons. The lowest BCUT2D eigenvalue weighted by Crippen LogP contribution is -2.31. The van der Waals surface area contributed by atoms with Crippen molar-refractivity contribution in [3.8, 4) is 11.5 Å². The molecule has 1 aliphatic heterocycles. The van der Waals surface area contributed by atoms with Crippen LogP contribution in [0.5, 0.6) is 11.5 Å². The summed E-state index contributed by atoms with van der Waals surface area (Å²) in [5, 5.41) is -0.109. The van der Waals surface area contributed by atoms with Crippen LogP contribution in [0.4, 0.5) is 5.69 Å². The van der Waals surface area contributed by atoms with Gasteiger partial charge in [0.05, 0.1) is 25.0 Å². The Balaban J connectivity index is 2.02. The Hall–Kier alpha value is -2.79. The van der Waals surface area contributed by atoms with Gasteiger partial charge in [-0.1, -0.05) is 29.8 Å². The molecule has 0 N–H and O–H groups in total. The average Bonchev–Trinajstić information content (AvgIpc) is 2.85. The van der Waals surface area contributed by atoms with Crippen molar-refractivity contribution in [1.29, 1.82) is 0 Å². The maximum Gasteiger partial charge on any atom is 0.277 e. The lowest BCUT2D eigenvalue weighted by molar-refractivity contribution is -0.119. The highest BCUT2D eigenvalue weighted by Gasteiger charge is 2.40. The molecule has 0 fully saturated rings. The van der Waals surface area contributed by atoms with Crippen LogP contribution in [0.2, 0.25) is 0 Å². The van der Waals surface area contributed by atoms with Gasteiger partial charge in [0.2, 0.25) is 0 Å². The third-order valence-electron chi connectivity index (χ3n) is 4.06. The van der Waals surface area contributed by atoms with Gasteiger partial charge in [-0.2, -0.15) is 0 Å². The zero-order chi connectivity index (χ0) is 18.8. The number of carbonyl (C=O) groups is 2. The highest BCUT2D eigenvalue weighted by molar-refractivity contribution is 6.60. The quantitative estimate of drug-likeness (QED) is 0.747. The Labute approximate surface area is 156 Å². The zero-order valence-electron chi connectivity index (χ0n) is 14.7. The molecule has 0 aliphatic carbocycles. The summed E-state index contributed by atoms with van der Waals surface area (Å²) in [5.74, 6) is 0.0641. The van der Waals surface area contributed by atoms with Crippen LogP contribution < -0.4 is 14.4 Å². The summed E-state index contributed by atoms with van der Waals surface area (Å²) in [5.41, 5.74) is 2.00. The molecule has 5 nitrogen and oxygen atoms in total. The summed E-state index contributed by atoms with van der Waals surface area (Å²) in [6.07, 6.45) is 0. The van der Waals surface area contributed by atoms with Crippen LogP contribution in [-0.2, 0) is 9.59 Å². The van der Waals surface area contributed by atoms with Crippen LogP contribution in [0, 0.1) is 6.92 Å². The molecular formula is C20H18ClNO4. The lowest BCUT2D eigenvalue weighted by atomic mass is 10.1. The summed E-state index contributed by atoms with van der Waals surface area (Å²) in [6, 6.07) is 12.2. The van der Waals surface area contributed by atoms with Crippen molar-refractivity contribution in [2.75, 3.05) is 18.6 Å². The van der Waals surface area contributed by atoms with Gasteiger partial charge in [0.1, 0.15) is 16.5 Å². The normalized spacial score (nSPS) is 14.2. The monoisotopic (exact) mass is 371 g/mol. The lowest BCUT2D eigenvalue weighted by Gasteiger charge is -2.18. The molecule has 2 aromatic carbocycles. The van der Waals surface area contributed by atoms with Gasteiger partial charge in [-0.05, 0) is 49.2 Å². The molecule has 2 aromatic rings. The largest absolute Gasteiger partial charge is 0.495 e. The van der Waals surface area contributed by atoms with Crippen molar-refractivity contribution in [1.82, 2.24) is 0 Å². The van der Waals surface area contributed by atoms with Gasteiger partial charge in [-0.15, -0.1) is 0 Å². The van der Waals surface area contributed by atoms with Gasteiger partial charge >= 0.3 is 0 Å². The van der Waals surface area contributed by atoms with Crippen molar-refractivity contribution in [2.45, 2.75) is 13.8 Å². The van der Waals surface area contributed by atoms with Crippen LogP contribution >= 0.6 is 11.6 Å². The number of nitrogens with zero attached hydrogens (tertiary/aromatic N) is 1. The molecule has 0 atom stereocenters. The fraction of sp³-hybridized carbons (Fsp3) is 0.200. The first kappa shape index (κ1) is 18.0. The molecule has 0 unspecified atom stereocenters. The predicted octanol–water partition coefficient (Wildman–Crippen LogP) is 3.93. The number of carbonyl (C=O) groups excluding carboxylic acids is 2. The second-order valence-electron chi connectivity index (χ2n) is 5.77. The number of benzene rings is 2. The number of rotatable bonds is 5. The van der Waals surface area contributed by atoms with E-state index in [4.69, 9.17) is 21.1 Å². The first-order valence-electron chi connectivity index (χ1n) is 8.14. The average molecular weight is 372 g/mol. The number of methoxy groups -OCH3 is 1. The maximum absolute atomic E-state index is 13.0. The number of hydrogen-bond acceptors (Lipinski definition) is 4. The molecule has 3 rings (SSSR count). The maximum atomic E-state index is 13.0. The second-order valence-corrected chi connectivity index (χ2v) is 6.15. The Bertz CT molecular complexity index is 903. The third kappa shape index (κ3) is 3.06. The van der Waals surface area contributed by atoms with Crippen LogP contribution in [0.3, 0.4) is 0 Å². The van der Waals surface area contributed by atoms with Crippen molar-refractivity contribution >= 4 is 34.7 Å². The number of ether oxygens (including phenoxy) is 2. The molecular weight excluding hydrogens is 354 g/mol. The molecule has 134 valence electrons. The molecule has 0 aromatic heterocycles. The number of anilines is 1. The highest BCUT2D eigenvalue weighted by atomic mass is 35.5. The summed E-state index contributed by atoms with van der Waals surface area (Å²) in [6.45, 7) is 4.30. The minimum Gasteiger partial charge on any atom is -0.495 e. The Morgan fingerprint density at radius 2 is 1.73 bits per heavy atom. The Morgan fingerprint density at radius 3 is 2.35 bits per heavy atom. The third-order valence-corrected chi connectivity index (χ3v) is 4.41. The van der Waals surface area contributed by atoms with E-state index in [0.717, 1.165) is 10.5 Å². The number of hydrogen-bond donors (Lipinski definition) is 0. The van der Waals surface area contributed by atoms with E-state index in [1.807, 2.05) is 19.9 Å². The van der Waals surface area contributed by atoms with Crippen LogP contribution in [0.1, 0.15) is 18.1 Å². The van der Waals surface area contributed by atoms with Gasteiger partial charge in [0.15, 0.2) is 0 Å². The molecule has 1 heterocycles. The number of amides is 2. The molecule has 0 spiro atoms. The van der Waals surface area contributed by atoms with Crippen molar-refractivity contribution in [2.24, 2.45) is 0 Å². The first-order valence-corrected chi connectivity index (χ1v) is 8.52. The number of aryl methyl sites for hydroxylation is 1. The zero-order valence-corrected chi connectivity index (χ0v) is 15.5. The number of halogens is 1. The molecule has 6 heteroatoms. The van der Waals surface area contributed by atoms with Crippen molar-refractivity contribution < 1.29 is 19.1 Å². The van der Waals surface area contributed by atoms with Crippen LogP contribution in [0.15, 0.2) is 47.5 Å². The van der Waals surface area contributed by atoms with E-state index < -0.39 is 11.8 Å². The molecule has 1 aliphatic rings. The summed E-state index contributed by atoms with van der Waals surface area (Å²) < 4.78 is 10.7. The van der Waals surface area contributed by atoms with Crippen molar-refractivity contribution in [3.05, 3.63) is 58.6 Å². The minimum absolute atomic E-state index is 0.109. The van der Waals surface area contributed by atoms with Crippen LogP contribution in [0.25, 0.3) is 5.57 Å². The molecule has 0 saturated heterocycles. The summed E-state index contributed by atoms with van der Waals surface area (Å²) in [7, 11) is 1.49. The van der Waals surface area contributed by atoms with E-state index in [9.17, 15) is 9.59 Å². The molecule has 26 heavy (non-hydrogen) atoms. The van der Waals surface area contributed by atoms with Gasteiger partial charge < -0.3 is 9.47 Å². The van der Waals surface area contributed by atoms with E-state index in [1.165, 1.54) is 7.11 Å². The smallest absolute Gasteiger partial charge is 0.277 e. The van der Waals surface area contributed by atoms with E-state index >= 15 is 0 Å². The van der Waals surface area contributed by atoms with E-state index in [0.29, 0.717) is 29.4 Å². The predicted molar refractivity (Wildman–Crippen MR) is 101 cm³/mol. The van der Waals surface area contributed by atoms with Gasteiger partial charge in [0.25, 0.3) is 11.8 Å². The Kier molecular flexibility index (Phi) is 5.00. The van der Waals surface area contributed by atoms with Crippen LogP contribution in [-0.4, -0.2) is 25.5 Å². The molecule has 0 bridgehead atoms. The van der Waals surface area contributed by atoms with Gasteiger partial charge in [-0.3, -0.25) is 9.59 Å². The molecule has 2 amide bonds. The fourth-order valence-electron chi connectivity index (χ4n) is 2.83. The van der Waals surface area contributed by atoms with E-state index in [2.05, 4.69) is 0 Å². The van der Waals surface area contributed by atoms with E-state index in [-0.39, 0.29) is 10.6 Å². The first-order chi connectivity index (χ1) is 12.5. The summed E-state index contributed by atoms with van der Waals surface area (Å²) in [4.78, 5) is 26.7. The fourth-order valence-corrected chi connectivity index (χ4v) is 3.11. The minimum atomic E-state index is -0.565.